The van der Waals surface area contributed by atoms with E-state index < -0.39 is 0 Å². The van der Waals surface area contributed by atoms with Crippen LogP contribution in [0.5, 0.6) is 11.5 Å². The van der Waals surface area contributed by atoms with Gasteiger partial charge >= 0.3 is 0 Å². The van der Waals surface area contributed by atoms with Gasteiger partial charge in [-0.1, -0.05) is 18.9 Å². The van der Waals surface area contributed by atoms with Crippen LogP contribution in [0.15, 0.2) is 18.2 Å². The molecule has 0 aromatic heterocycles. The zero-order valence-corrected chi connectivity index (χ0v) is 12.1. The number of nitrogens with one attached hydrogen (secondary N) is 1. The van der Waals surface area contributed by atoms with Crippen LogP contribution in [0.2, 0.25) is 0 Å². The lowest BCUT2D eigenvalue weighted by Gasteiger charge is -2.10. The summed E-state index contributed by atoms with van der Waals surface area (Å²) in [6.07, 6.45) is 4.81. The number of ether oxygens (including phenoxy) is 2. The molecule has 0 heterocycles. The Kier molecular flexibility index (Phi) is 8.02. The van der Waals surface area contributed by atoms with Gasteiger partial charge in [-0.3, -0.25) is 0 Å². The standard InChI is InChI=1S/C15H26N2O2/c1-18-14-8-7-13(11-15(14)19-2)12-17-10-6-4-3-5-9-16/h7-8,11,17H,3-6,9-10,12,16H2,1-2H3. The largest absolute Gasteiger partial charge is 0.493 e. The summed E-state index contributed by atoms with van der Waals surface area (Å²) >= 11 is 0. The quantitative estimate of drug-likeness (QED) is 0.638. The molecule has 3 N–H and O–H groups in total. The minimum Gasteiger partial charge on any atom is -0.493 e. The van der Waals surface area contributed by atoms with Gasteiger partial charge in [0.15, 0.2) is 11.5 Å². The summed E-state index contributed by atoms with van der Waals surface area (Å²) in [5.74, 6) is 1.55. The van der Waals surface area contributed by atoms with Gasteiger partial charge in [-0.2, -0.15) is 0 Å². The van der Waals surface area contributed by atoms with Gasteiger partial charge in [-0.25, -0.2) is 0 Å². The Bertz CT molecular complexity index is 356. The van der Waals surface area contributed by atoms with Crippen LogP contribution in [-0.4, -0.2) is 27.3 Å². The number of methoxy groups -OCH3 is 2. The SMILES string of the molecule is COc1ccc(CNCCCCCCN)cc1OC. The molecular formula is C15H26N2O2. The van der Waals surface area contributed by atoms with Crippen LogP contribution in [0.1, 0.15) is 31.2 Å². The number of hydrogen-bond acceptors (Lipinski definition) is 4. The van der Waals surface area contributed by atoms with Gasteiger partial charge < -0.3 is 20.5 Å². The molecule has 0 atom stereocenters. The first-order valence-electron chi connectivity index (χ1n) is 6.93. The number of rotatable bonds is 10. The van der Waals surface area contributed by atoms with E-state index in [4.69, 9.17) is 15.2 Å². The van der Waals surface area contributed by atoms with Crippen LogP contribution < -0.4 is 20.5 Å². The van der Waals surface area contributed by atoms with Crippen LogP contribution in [0.3, 0.4) is 0 Å². The van der Waals surface area contributed by atoms with Crippen molar-refractivity contribution in [3.8, 4) is 11.5 Å². The van der Waals surface area contributed by atoms with E-state index in [9.17, 15) is 0 Å². The molecule has 1 aromatic rings. The summed E-state index contributed by atoms with van der Waals surface area (Å²) in [6.45, 7) is 2.70. The fourth-order valence-electron chi connectivity index (χ4n) is 1.97. The van der Waals surface area contributed by atoms with Crippen molar-refractivity contribution in [1.29, 1.82) is 0 Å². The molecule has 1 aromatic carbocycles. The maximum Gasteiger partial charge on any atom is 0.161 e. The first kappa shape index (κ1) is 15.8. The molecule has 0 spiro atoms. The van der Waals surface area contributed by atoms with E-state index in [0.717, 1.165) is 37.6 Å². The molecule has 19 heavy (non-hydrogen) atoms. The first-order chi connectivity index (χ1) is 9.31. The molecule has 4 heteroatoms. The lowest BCUT2D eigenvalue weighted by molar-refractivity contribution is 0.354. The van der Waals surface area contributed by atoms with Gasteiger partial charge in [0.2, 0.25) is 0 Å². The maximum absolute atomic E-state index is 5.46. The smallest absolute Gasteiger partial charge is 0.161 e. The van der Waals surface area contributed by atoms with Crippen LogP contribution in [0, 0.1) is 0 Å². The van der Waals surface area contributed by atoms with Crippen LogP contribution in [-0.2, 0) is 6.54 Å². The van der Waals surface area contributed by atoms with Gasteiger partial charge in [0.25, 0.3) is 0 Å². The number of benzene rings is 1. The topological polar surface area (TPSA) is 56.5 Å². The second-order valence-corrected chi connectivity index (χ2v) is 4.57. The highest BCUT2D eigenvalue weighted by Gasteiger charge is 2.03. The van der Waals surface area contributed by atoms with Crippen LogP contribution >= 0.6 is 0 Å². The Balaban J connectivity index is 2.26. The predicted molar refractivity (Wildman–Crippen MR) is 78.8 cm³/mol. The highest BCUT2D eigenvalue weighted by molar-refractivity contribution is 5.42. The molecule has 0 aliphatic heterocycles. The normalized spacial score (nSPS) is 10.5. The molecule has 4 nitrogen and oxygen atoms in total. The van der Waals surface area contributed by atoms with Gasteiger partial charge in [0.1, 0.15) is 0 Å². The van der Waals surface area contributed by atoms with Crippen molar-refractivity contribution in [3.63, 3.8) is 0 Å². The second kappa shape index (κ2) is 9.64. The summed E-state index contributed by atoms with van der Waals surface area (Å²) in [5.41, 5.74) is 6.67. The van der Waals surface area contributed by atoms with Gasteiger partial charge in [-0.15, -0.1) is 0 Å². The van der Waals surface area contributed by atoms with Gasteiger partial charge in [0, 0.05) is 6.54 Å². The fourth-order valence-corrected chi connectivity index (χ4v) is 1.97. The molecule has 0 unspecified atom stereocenters. The minimum absolute atomic E-state index is 0.771. The third-order valence-electron chi connectivity index (χ3n) is 3.08. The molecule has 0 saturated heterocycles. The Labute approximate surface area is 116 Å². The summed E-state index contributed by atoms with van der Waals surface area (Å²) in [7, 11) is 3.31. The van der Waals surface area contributed by atoms with E-state index in [1.807, 2.05) is 12.1 Å². The van der Waals surface area contributed by atoms with Crippen LogP contribution in [0.4, 0.5) is 0 Å². The van der Waals surface area contributed by atoms with E-state index >= 15 is 0 Å². The Morgan fingerprint density at radius 2 is 1.74 bits per heavy atom. The zero-order valence-electron chi connectivity index (χ0n) is 12.1. The van der Waals surface area contributed by atoms with Crippen molar-refractivity contribution in [2.24, 2.45) is 5.73 Å². The predicted octanol–water partition coefficient (Wildman–Crippen LogP) is 2.31. The summed E-state index contributed by atoms with van der Waals surface area (Å²) in [6, 6.07) is 6.01. The molecule has 0 saturated carbocycles. The lowest BCUT2D eigenvalue weighted by atomic mass is 10.1. The molecule has 0 fully saturated rings. The number of hydrogen-bond donors (Lipinski definition) is 2. The second-order valence-electron chi connectivity index (χ2n) is 4.57. The maximum atomic E-state index is 5.46. The number of unbranched alkanes of at least 4 members (excludes halogenated alkanes) is 3. The molecule has 0 radical (unpaired) electrons. The van der Waals surface area contributed by atoms with Crippen molar-refractivity contribution >= 4 is 0 Å². The third-order valence-corrected chi connectivity index (χ3v) is 3.08. The zero-order chi connectivity index (χ0) is 13.9. The van der Waals surface area contributed by atoms with E-state index in [1.54, 1.807) is 14.2 Å². The monoisotopic (exact) mass is 266 g/mol. The van der Waals surface area contributed by atoms with Crippen molar-refractivity contribution in [1.82, 2.24) is 5.32 Å². The van der Waals surface area contributed by atoms with Crippen molar-refractivity contribution in [2.75, 3.05) is 27.3 Å². The molecule has 108 valence electrons. The average molecular weight is 266 g/mol. The van der Waals surface area contributed by atoms with Crippen molar-refractivity contribution < 1.29 is 9.47 Å². The Morgan fingerprint density at radius 3 is 2.42 bits per heavy atom. The lowest BCUT2D eigenvalue weighted by Crippen LogP contribution is -2.14. The highest BCUT2D eigenvalue weighted by Crippen LogP contribution is 2.27. The molecule has 0 amide bonds. The molecule has 1 rings (SSSR count). The fraction of sp³-hybridized carbons (Fsp3) is 0.600. The van der Waals surface area contributed by atoms with Crippen LogP contribution in [0.25, 0.3) is 0 Å². The first-order valence-corrected chi connectivity index (χ1v) is 6.93. The van der Waals surface area contributed by atoms with E-state index in [-0.39, 0.29) is 0 Å². The highest BCUT2D eigenvalue weighted by atomic mass is 16.5. The molecule has 0 bridgehead atoms. The van der Waals surface area contributed by atoms with E-state index in [1.165, 1.54) is 24.8 Å². The summed E-state index contributed by atoms with van der Waals surface area (Å²) in [4.78, 5) is 0. The van der Waals surface area contributed by atoms with Gasteiger partial charge in [-0.05, 0) is 43.6 Å². The van der Waals surface area contributed by atoms with Gasteiger partial charge in [0.05, 0.1) is 14.2 Å². The Hall–Kier alpha value is -1.26. The average Bonchev–Trinajstić information content (AvgIpc) is 2.46. The minimum atomic E-state index is 0.771. The summed E-state index contributed by atoms with van der Waals surface area (Å²) < 4.78 is 10.5. The third kappa shape index (κ3) is 5.94. The van der Waals surface area contributed by atoms with E-state index in [2.05, 4.69) is 11.4 Å². The van der Waals surface area contributed by atoms with Crippen molar-refractivity contribution in [3.05, 3.63) is 23.8 Å². The summed E-state index contributed by atoms with van der Waals surface area (Å²) in [5, 5.41) is 3.44. The Morgan fingerprint density at radius 1 is 1.00 bits per heavy atom. The molecular weight excluding hydrogens is 240 g/mol. The van der Waals surface area contributed by atoms with Crippen molar-refractivity contribution in [2.45, 2.75) is 32.2 Å². The molecule has 0 aliphatic carbocycles. The number of nitrogens with two attached hydrogens (primary N) is 1. The van der Waals surface area contributed by atoms with E-state index in [0.29, 0.717) is 0 Å². The molecule has 0 aliphatic rings.